The maximum atomic E-state index is 12.5. The van der Waals surface area contributed by atoms with E-state index < -0.39 is 0 Å². The van der Waals surface area contributed by atoms with E-state index in [0.717, 1.165) is 12.8 Å². The van der Waals surface area contributed by atoms with Crippen LogP contribution in [-0.2, 0) is 0 Å². The third-order valence-electron chi connectivity index (χ3n) is 4.05. The highest BCUT2D eigenvalue weighted by Gasteiger charge is 2.29. The van der Waals surface area contributed by atoms with Crippen LogP contribution in [0.3, 0.4) is 0 Å². The number of likely N-dealkylation sites (tertiary alicyclic amines) is 1. The average molecular weight is 294 g/mol. The lowest BCUT2D eigenvalue weighted by atomic mass is 9.90. The van der Waals surface area contributed by atoms with Crippen molar-refractivity contribution in [3.8, 4) is 0 Å². The number of nitrogens with zero attached hydrogens (tertiary/aromatic N) is 2. The third-order valence-corrected chi connectivity index (χ3v) is 4.05. The Hall–Kier alpha value is -2.49. The number of benzene rings is 1. The fourth-order valence-electron chi connectivity index (χ4n) is 2.88. The highest BCUT2D eigenvalue weighted by molar-refractivity contribution is 5.99. The van der Waals surface area contributed by atoms with Gasteiger partial charge in [-0.3, -0.25) is 14.6 Å². The Bertz CT molecular complexity index is 598. The topological polar surface area (TPSA) is 50.3 Å². The molecule has 1 aromatic carbocycles. The van der Waals surface area contributed by atoms with Crippen LogP contribution in [0.15, 0.2) is 54.9 Å². The smallest absolute Gasteiger partial charge is 0.253 e. The van der Waals surface area contributed by atoms with Crippen molar-refractivity contribution in [1.29, 1.82) is 0 Å². The Kier molecular flexibility index (Phi) is 4.28. The summed E-state index contributed by atoms with van der Waals surface area (Å²) in [5.74, 6) is -0.0476. The summed E-state index contributed by atoms with van der Waals surface area (Å²) < 4.78 is 0. The Morgan fingerprint density at radius 1 is 1.05 bits per heavy atom. The van der Waals surface area contributed by atoms with Crippen molar-refractivity contribution in [1.82, 2.24) is 9.88 Å². The molecular formula is C18H18N2O2. The van der Waals surface area contributed by atoms with Gasteiger partial charge < -0.3 is 4.90 Å². The van der Waals surface area contributed by atoms with Gasteiger partial charge in [0.25, 0.3) is 5.91 Å². The van der Waals surface area contributed by atoms with Gasteiger partial charge in [-0.15, -0.1) is 0 Å². The van der Waals surface area contributed by atoms with Crippen LogP contribution >= 0.6 is 0 Å². The number of rotatable bonds is 3. The van der Waals surface area contributed by atoms with Gasteiger partial charge in [0.2, 0.25) is 0 Å². The maximum absolute atomic E-state index is 12.5. The first-order chi connectivity index (χ1) is 10.8. The lowest BCUT2D eigenvalue weighted by Crippen LogP contribution is -2.42. The second-order valence-electron chi connectivity index (χ2n) is 5.56. The first-order valence-corrected chi connectivity index (χ1v) is 7.54. The number of hydrogen-bond donors (Lipinski definition) is 0. The first kappa shape index (κ1) is 14.4. The predicted octanol–water partition coefficient (Wildman–Crippen LogP) is 2.82. The van der Waals surface area contributed by atoms with Crippen LogP contribution in [0.1, 0.15) is 33.6 Å². The van der Waals surface area contributed by atoms with Gasteiger partial charge in [0.1, 0.15) is 0 Å². The Balaban J connectivity index is 1.72. The minimum atomic E-state index is -0.134. The normalized spacial score (nSPS) is 18.0. The molecular weight excluding hydrogens is 276 g/mol. The summed E-state index contributed by atoms with van der Waals surface area (Å²) >= 11 is 0. The zero-order valence-electron chi connectivity index (χ0n) is 12.3. The summed E-state index contributed by atoms with van der Waals surface area (Å²) in [6.45, 7) is 1.20. The van der Waals surface area contributed by atoms with Gasteiger partial charge in [0.15, 0.2) is 5.78 Å². The van der Waals surface area contributed by atoms with Crippen molar-refractivity contribution >= 4 is 11.7 Å². The predicted molar refractivity (Wildman–Crippen MR) is 83.6 cm³/mol. The largest absolute Gasteiger partial charge is 0.338 e. The molecule has 0 saturated carbocycles. The van der Waals surface area contributed by atoms with Crippen LogP contribution in [0.4, 0.5) is 0 Å². The molecule has 112 valence electrons. The highest BCUT2D eigenvalue weighted by atomic mass is 16.2. The molecule has 3 rings (SSSR count). The Morgan fingerprint density at radius 3 is 2.55 bits per heavy atom. The number of carbonyl (C=O) groups is 2. The molecule has 22 heavy (non-hydrogen) atoms. The van der Waals surface area contributed by atoms with Gasteiger partial charge in [-0.05, 0) is 37.1 Å². The summed E-state index contributed by atoms with van der Waals surface area (Å²) in [7, 11) is 0. The van der Waals surface area contributed by atoms with Gasteiger partial charge in [0, 0.05) is 42.5 Å². The summed E-state index contributed by atoms with van der Waals surface area (Å²) in [6.07, 6.45) is 4.94. The second-order valence-corrected chi connectivity index (χ2v) is 5.56. The van der Waals surface area contributed by atoms with Crippen molar-refractivity contribution in [3.63, 3.8) is 0 Å². The van der Waals surface area contributed by atoms with E-state index in [-0.39, 0.29) is 17.6 Å². The quantitative estimate of drug-likeness (QED) is 0.818. The van der Waals surface area contributed by atoms with E-state index in [1.54, 1.807) is 29.4 Å². The molecule has 4 nitrogen and oxygen atoms in total. The third kappa shape index (κ3) is 3.06. The van der Waals surface area contributed by atoms with Crippen molar-refractivity contribution in [2.75, 3.05) is 13.1 Å². The summed E-state index contributed by atoms with van der Waals surface area (Å²) in [5.41, 5.74) is 1.30. The number of ketones is 1. The van der Waals surface area contributed by atoms with Crippen molar-refractivity contribution in [2.45, 2.75) is 12.8 Å². The molecule has 1 aromatic heterocycles. The zero-order valence-corrected chi connectivity index (χ0v) is 12.3. The molecule has 0 radical (unpaired) electrons. The van der Waals surface area contributed by atoms with Crippen LogP contribution in [0, 0.1) is 5.92 Å². The summed E-state index contributed by atoms with van der Waals surface area (Å²) in [6, 6.07) is 12.8. The summed E-state index contributed by atoms with van der Waals surface area (Å²) in [4.78, 5) is 30.8. The number of hydrogen-bond acceptors (Lipinski definition) is 3. The molecule has 0 spiro atoms. The van der Waals surface area contributed by atoms with E-state index >= 15 is 0 Å². The van der Waals surface area contributed by atoms with E-state index in [1.807, 2.05) is 30.3 Å². The monoisotopic (exact) mass is 294 g/mol. The fourth-order valence-corrected chi connectivity index (χ4v) is 2.88. The number of carbonyl (C=O) groups excluding carboxylic acids is 2. The molecule has 1 unspecified atom stereocenters. The Morgan fingerprint density at radius 2 is 1.82 bits per heavy atom. The molecule has 1 aliphatic rings. The SMILES string of the molecule is O=C(c1cccnc1)C1CCCN(C(=O)c2ccccc2)C1. The fraction of sp³-hybridized carbons (Fsp3) is 0.278. The van der Waals surface area contributed by atoms with Gasteiger partial charge in [-0.2, -0.15) is 0 Å². The molecule has 0 N–H and O–H groups in total. The number of piperidine rings is 1. The van der Waals surface area contributed by atoms with Crippen LogP contribution in [0.2, 0.25) is 0 Å². The van der Waals surface area contributed by atoms with Crippen LogP contribution in [0.5, 0.6) is 0 Å². The molecule has 1 fully saturated rings. The van der Waals surface area contributed by atoms with Crippen molar-refractivity contribution in [3.05, 3.63) is 66.0 Å². The van der Waals surface area contributed by atoms with Crippen LogP contribution in [-0.4, -0.2) is 34.7 Å². The van der Waals surface area contributed by atoms with E-state index in [1.165, 1.54) is 0 Å². The first-order valence-electron chi connectivity index (χ1n) is 7.54. The molecule has 0 bridgehead atoms. The van der Waals surface area contributed by atoms with Gasteiger partial charge >= 0.3 is 0 Å². The maximum Gasteiger partial charge on any atom is 0.253 e. The number of aromatic nitrogens is 1. The van der Waals surface area contributed by atoms with Gasteiger partial charge in [-0.25, -0.2) is 0 Å². The number of pyridine rings is 1. The van der Waals surface area contributed by atoms with E-state index in [2.05, 4.69) is 4.98 Å². The van der Waals surface area contributed by atoms with Gasteiger partial charge in [-0.1, -0.05) is 18.2 Å². The van der Waals surface area contributed by atoms with E-state index in [9.17, 15) is 9.59 Å². The minimum absolute atomic E-state index is 0.00397. The lowest BCUT2D eigenvalue weighted by Gasteiger charge is -2.32. The molecule has 2 heterocycles. The second kappa shape index (κ2) is 6.52. The van der Waals surface area contributed by atoms with E-state index in [4.69, 9.17) is 0 Å². The number of amides is 1. The van der Waals surface area contributed by atoms with Crippen LogP contribution in [0.25, 0.3) is 0 Å². The zero-order chi connectivity index (χ0) is 15.4. The van der Waals surface area contributed by atoms with Crippen molar-refractivity contribution < 1.29 is 9.59 Å². The molecule has 0 aliphatic carbocycles. The van der Waals surface area contributed by atoms with E-state index in [0.29, 0.717) is 24.2 Å². The molecule has 1 aliphatic heterocycles. The Labute approximate surface area is 129 Å². The molecule has 1 atom stereocenters. The molecule has 1 saturated heterocycles. The lowest BCUT2D eigenvalue weighted by molar-refractivity contribution is 0.0637. The molecule has 4 heteroatoms. The number of Topliss-reactive ketones (excluding diaryl/α,β-unsaturated/α-hetero) is 1. The standard InChI is InChI=1S/C18H18N2O2/c21-17(15-8-4-10-19-12-15)16-9-5-11-20(13-16)18(22)14-6-2-1-3-7-14/h1-4,6-8,10,12,16H,5,9,11,13H2. The van der Waals surface area contributed by atoms with Gasteiger partial charge in [0.05, 0.1) is 0 Å². The minimum Gasteiger partial charge on any atom is -0.338 e. The molecule has 2 aromatic rings. The van der Waals surface area contributed by atoms with Crippen LogP contribution < -0.4 is 0 Å². The average Bonchev–Trinajstić information content (AvgIpc) is 2.62. The van der Waals surface area contributed by atoms with Crippen molar-refractivity contribution in [2.24, 2.45) is 5.92 Å². The summed E-state index contributed by atoms with van der Waals surface area (Å²) in [5, 5.41) is 0. The molecule has 1 amide bonds. The highest BCUT2D eigenvalue weighted by Crippen LogP contribution is 2.22.